The predicted molar refractivity (Wildman–Crippen MR) is 69.1 cm³/mol. The third-order valence-electron chi connectivity index (χ3n) is 2.56. The Balaban J connectivity index is 2.23. The van der Waals surface area contributed by atoms with E-state index in [1.807, 2.05) is 20.0 Å². The first kappa shape index (κ1) is 13.5. The highest BCUT2D eigenvalue weighted by Gasteiger charge is 2.05. The Morgan fingerprint density at radius 3 is 2.76 bits per heavy atom. The maximum atomic E-state index is 11.5. The molecule has 0 bridgehead atoms. The normalized spacial score (nSPS) is 10.3. The SMILES string of the molecule is CCCCCCNC(=O)Nc1cc(C)nn1C. The van der Waals surface area contributed by atoms with Crippen molar-refractivity contribution < 1.29 is 4.79 Å². The number of aromatic nitrogens is 2. The zero-order chi connectivity index (χ0) is 12.7. The number of amides is 2. The second-order valence-electron chi connectivity index (χ2n) is 4.24. The molecule has 1 aromatic heterocycles. The van der Waals surface area contributed by atoms with E-state index >= 15 is 0 Å². The fourth-order valence-electron chi connectivity index (χ4n) is 1.64. The van der Waals surface area contributed by atoms with Gasteiger partial charge in [0.1, 0.15) is 5.82 Å². The molecule has 1 rings (SSSR count). The van der Waals surface area contributed by atoms with Crippen LogP contribution < -0.4 is 10.6 Å². The minimum atomic E-state index is -0.163. The van der Waals surface area contributed by atoms with Gasteiger partial charge in [-0.2, -0.15) is 5.10 Å². The van der Waals surface area contributed by atoms with E-state index in [2.05, 4.69) is 22.7 Å². The van der Waals surface area contributed by atoms with Crippen LogP contribution in [0, 0.1) is 6.92 Å². The highest BCUT2D eigenvalue weighted by atomic mass is 16.2. The lowest BCUT2D eigenvalue weighted by molar-refractivity contribution is 0.251. The lowest BCUT2D eigenvalue weighted by atomic mass is 10.2. The van der Waals surface area contributed by atoms with Crippen LogP contribution in [0.3, 0.4) is 0 Å². The van der Waals surface area contributed by atoms with Gasteiger partial charge in [0.15, 0.2) is 0 Å². The molecule has 1 aromatic rings. The van der Waals surface area contributed by atoms with Gasteiger partial charge in [-0.25, -0.2) is 4.79 Å². The molecule has 0 fully saturated rings. The summed E-state index contributed by atoms with van der Waals surface area (Å²) in [5.74, 6) is 0.716. The van der Waals surface area contributed by atoms with Crippen LogP contribution in [0.25, 0.3) is 0 Å². The van der Waals surface area contributed by atoms with E-state index in [1.165, 1.54) is 19.3 Å². The molecule has 0 spiro atoms. The summed E-state index contributed by atoms with van der Waals surface area (Å²) < 4.78 is 1.66. The number of carbonyl (C=O) groups is 1. The molecule has 5 heteroatoms. The molecule has 96 valence electrons. The minimum absolute atomic E-state index is 0.163. The van der Waals surface area contributed by atoms with E-state index < -0.39 is 0 Å². The van der Waals surface area contributed by atoms with Crippen LogP contribution in [0.4, 0.5) is 10.6 Å². The molecule has 0 unspecified atom stereocenters. The van der Waals surface area contributed by atoms with Crippen molar-refractivity contribution in [1.82, 2.24) is 15.1 Å². The van der Waals surface area contributed by atoms with E-state index in [1.54, 1.807) is 4.68 Å². The summed E-state index contributed by atoms with van der Waals surface area (Å²) in [6.45, 7) is 4.79. The van der Waals surface area contributed by atoms with Crippen molar-refractivity contribution in [2.24, 2.45) is 7.05 Å². The van der Waals surface area contributed by atoms with Gasteiger partial charge in [0, 0.05) is 19.7 Å². The minimum Gasteiger partial charge on any atom is -0.338 e. The summed E-state index contributed by atoms with van der Waals surface area (Å²) in [4.78, 5) is 11.5. The Bertz CT molecular complexity index is 359. The molecule has 0 radical (unpaired) electrons. The van der Waals surface area contributed by atoms with Crippen molar-refractivity contribution in [3.8, 4) is 0 Å². The van der Waals surface area contributed by atoms with Crippen molar-refractivity contribution >= 4 is 11.8 Å². The number of aryl methyl sites for hydroxylation is 2. The first-order valence-corrected chi connectivity index (χ1v) is 6.19. The molecule has 0 aliphatic heterocycles. The van der Waals surface area contributed by atoms with Crippen LogP contribution in [0.2, 0.25) is 0 Å². The molecule has 5 nitrogen and oxygen atoms in total. The molecule has 2 N–H and O–H groups in total. The van der Waals surface area contributed by atoms with Gasteiger partial charge in [-0.15, -0.1) is 0 Å². The van der Waals surface area contributed by atoms with E-state index in [9.17, 15) is 4.79 Å². The highest BCUT2D eigenvalue weighted by molar-refractivity contribution is 5.88. The van der Waals surface area contributed by atoms with E-state index in [0.29, 0.717) is 5.82 Å². The largest absolute Gasteiger partial charge is 0.338 e. The Morgan fingerprint density at radius 1 is 1.41 bits per heavy atom. The van der Waals surface area contributed by atoms with Crippen molar-refractivity contribution in [3.05, 3.63) is 11.8 Å². The van der Waals surface area contributed by atoms with Crippen molar-refractivity contribution in [2.75, 3.05) is 11.9 Å². The van der Waals surface area contributed by atoms with Gasteiger partial charge in [0.2, 0.25) is 0 Å². The molecule has 0 saturated heterocycles. The molecule has 0 aromatic carbocycles. The number of urea groups is 1. The number of rotatable bonds is 6. The van der Waals surface area contributed by atoms with Crippen LogP contribution >= 0.6 is 0 Å². The lowest BCUT2D eigenvalue weighted by Crippen LogP contribution is -2.30. The summed E-state index contributed by atoms with van der Waals surface area (Å²) in [6.07, 6.45) is 4.64. The van der Waals surface area contributed by atoms with E-state index in [-0.39, 0.29) is 6.03 Å². The number of unbranched alkanes of at least 4 members (excludes halogenated alkanes) is 3. The Hall–Kier alpha value is -1.52. The van der Waals surface area contributed by atoms with Gasteiger partial charge in [0.25, 0.3) is 0 Å². The van der Waals surface area contributed by atoms with Gasteiger partial charge < -0.3 is 5.32 Å². The van der Waals surface area contributed by atoms with Crippen molar-refractivity contribution in [3.63, 3.8) is 0 Å². The predicted octanol–water partition coefficient (Wildman–Crippen LogP) is 2.43. The number of carbonyl (C=O) groups excluding carboxylic acids is 1. The number of nitrogens with one attached hydrogen (secondary N) is 2. The second kappa shape index (κ2) is 6.93. The molecule has 0 saturated carbocycles. The molecule has 0 atom stereocenters. The number of hydrogen-bond donors (Lipinski definition) is 2. The van der Waals surface area contributed by atoms with Crippen molar-refractivity contribution in [1.29, 1.82) is 0 Å². The Morgan fingerprint density at radius 2 is 2.18 bits per heavy atom. The molecular formula is C12H22N4O. The van der Waals surface area contributed by atoms with Gasteiger partial charge in [0.05, 0.1) is 5.69 Å². The Kier molecular flexibility index (Phi) is 5.52. The summed E-state index contributed by atoms with van der Waals surface area (Å²) >= 11 is 0. The molecule has 0 aliphatic carbocycles. The van der Waals surface area contributed by atoms with Crippen LogP contribution in [-0.2, 0) is 7.05 Å². The monoisotopic (exact) mass is 238 g/mol. The summed E-state index contributed by atoms with van der Waals surface area (Å²) in [5.41, 5.74) is 0.894. The van der Waals surface area contributed by atoms with Gasteiger partial charge >= 0.3 is 6.03 Å². The first-order chi connectivity index (χ1) is 8.13. The standard InChI is InChI=1S/C12H22N4O/c1-4-5-6-7-8-13-12(17)14-11-9-10(2)15-16(11)3/h9H,4-8H2,1-3H3,(H2,13,14,17). The summed E-state index contributed by atoms with van der Waals surface area (Å²) in [5, 5.41) is 9.77. The summed E-state index contributed by atoms with van der Waals surface area (Å²) in [7, 11) is 1.81. The fraction of sp³-hybridized carbons (Fsp3) is 0.667. The van der Waals surface area contributed by atoms with Crippen LogP contribution in [0.15, 0.2) is 6.07 Å². The third kappa shape index (κ3) is 4.89. The molecule has 1 heterocycles. The molecule has 17 heavy (non-hydrogen) atoms. The van der Waals surface area contributed by atoms with Crippen LogP contribution in [-0.4, -0.2) is 22.4 Å². The number of hydrogen-bond acceptors (Lipinski definition) is 2. The lowest BCUT2D eigenvalue weighted by Gasteiger charge is -2.07. The highest BCUT2D eigenvalue weighted by Crippen LogP contribution is 2.07. The van der Waals surface area contributed by atoms with Crippen LogP contribution in [0.5, 0.6) is 0 Å². The maximum Gasteiger partial charge on any atom is 0.320 e. The van der Waals surface area contributed by atoms with Gasteiger partial charge in [-0.1, -0.05) is 26.2 Å². The van der Waals surface area contributed by atoms with E-state index in [4.69, 9.17) is 0 Å². The zero-order valence-corrected chi connectivity index (χ0v) is 10.9. The maximum absolute atomic E-state index is 11.5. The quantitative estimate of drug-likeness (QED) is 0.748. The van der Waals surface area contributed by atoms with Crippen LogP contribution in [0.1, 0.15) is 38.3 Å². The zero-order valence-electron chi connectivity index (χ0n) is 10.9. The fourth-order valence-corrected chi connectivity index (χ4v) is 1.64. The summed E-state index contributed by atoms with van der Waals surface area (Å²) in [6, 6.07) is 1.68. The molecular weight excluding hydrogens is 216 g/mol. The number of anilines is 1. The van der Waals surface area contributed by atoms with Crippen molar-refractivity contribution in [2.45, 2.75) is 39.5 Å². The third-order valence-corrected chi connectivity index (χ3v) is 2.56. The molecule has 0 aliphatic rings. The second-order valence-corrected chi connectivity index (χ2v) is 4.24. The average molecular weight is 238 g/mol. The Labute approximate surface area is 103 Å². The average Bonchev–Trinajstić information content (AvgIpc) is 2.57. The first-order valence-electron chi connectivity index (χ1n) is 6.19. The van der Waals surface area contributed by atoms with E-state index in [0.717, 1.165) is 18.7 Å². The van der Waals surface area contributed by atoms with Gasteiger partial charge in [-0.3, -0.25) is 10.00 Å². The number of nitrogens with zero attached hydrogens (tertiary/aromatic N) is 2. The topological polar surface area (TPSA) is 59.0 Å². The smallest absolute Gasteiger partial charge is 0.320 e. The molecule has 2 amide bonds. The van der Waals surface area contributed by atoms with Gasteiger partial charge in [-0.05, 0) is 13.3 Å².